The molecule has 1 aliphatic rings. The Morgan fingerprint density at radius 3 is 2.50 bits per heavy atom. The Morgan fingerprint density at radius 2 is 2.00 bits per heavy atom. The van der Waals surface area contributed by atoms with E-state index in [9.17, 15) is 14.7 Å². The van der Waals surface area contributed by atoms with Gasteiger partial charge in [-0.15, -0.1) is 0 Å². The molecule has 1 aliphatic heterocycles. The highest BCUT2D eigenvalue weighted by Crippen LogP contribution is 2.19. The van der Waals surface area contributed by atoms with Crippen LogP contribution < -0.4 is 15.4 Å². The van der Waals surface area contributed by atoms with E-state index in [-0.39, 0.29) is 24.0 Å². The first-order valence-corrected chi connectivity index (χ1v) is 8.29. The third-order valence-corrected chi connectivity index (χ3v) is 3.78. The summed E-state index contributed by atoms with van der Waals surface area (Å²) in [6.45, 7) is 6.70. The van der Waals surface area contributed by atoms with Crippen LogP contribution in [0.2, 0.25) is 0 Å². The molecule has 1 aromatic carbocycles. The van der Waals surface area contributed by atoms with E-state index in [1.807, 2.05) is 45.0 Å². The number of amides is 1. The molecule has 1 fully saturated rings. The van der Waals surface area contributed by atoms with Gasteiger partial charge in [-0.05, 0) is 57.9 Å². The van der Waals surface area contributed by atoms with Crippen LogP contribution in [0.3, 0.4) is 0 Å². The molecule has 1 saturated heterocycles. The second-order valence-corrected chi connectivity index (χ2v) is 7.11. The summed E-state index contributed by atoms with van der Waals surface area (Å²) in [6, 6.07) is 6.08. The topological polar surface area (TPSA) is 87.7 Å². The average molecular weight is 334 g/mol. The summed E-state index contributed by atoms with van der Waals surface area (Å²) < 4.78 is 5.75. The number of ether oxygens (including phenoxy) is 1. The first-order chi connectivity index (χ1) is 11.2. The maximum absolute atomic E-state index is 12.1. The van der Waals surface area contributed by atoms with Crippen molar-refractivity contribution in [3.8, 4) is 5.75 Å². The van der Waals surface area contributed by atoms with Gasteiger partial charge in [0.05, 0.1) is 6.04 Å². The van der Waals surface area contributed by atoms with Gasteiger partial charge in [-0.3, -0.25) is 4.79 Å². The standard InChI is InChI=1S/C18H26N2O4/c1-18(2,3)24-13-8-6-12(7-9-13)11-15(17(22)23)20-16(21)14-5-4-10-19-14/h6-9,14-15,19H,4-5,10-11H2,1-3H3,(H,20,21)(H,22,23)/t14-,15+/m1/s1. The second-order valence-electron chi connectivity index (χ2n) is 7.11. The normalized spacial score (nSPS) is 18.9. The first-order valence-electron chi connectivity index (χ1n) is 8.29. The predicted molar refractivity (Wildman–Crippen MR) is 91.1 cm³/mol. The summed E-state index contributed by atoms with van der Waals surface area (Å²) in [5.74, 6) is -0.540. The summed E-state index contributed by atoms with van der Waals surface area (Å²) in [6.07, 6.45) is 1.92. The van der Waals surface area contributed by atoms with Crippen molar-refractivity contribution in [1.82, 2.24) is 10.6 Å². The minimum Gasteiger partial charge on any atom is -0.488 e. The monoisotopic (exact) mass is 334 g/mol. The fourth-order valence-corrected chi connectivity index (χ4v) is 2.66. The third kappa shape index (κ3) is 5.53. The van der Waals surface area contributed by atoms with Gasteiger partial charge >= 0.3 is 5.97 Å². The molecule has 0 aromatic heterocycles. The highest BCUT2D eigenvalue weighted by molar-refractivity contribution is 5.87. The highest BCUT2D eigenvalue weighted by Gasteiger charge is 2.27. The van der Waals surface area contributed by atoms with Gasteiger partial charge in [0.1, 0.15) is 17.4 Å². The number of hydrogen-bond donors (Lipinski definition) is 3. The largest absolute Gasteiger partial charge is 0.488 e. The number of benzene rings is 1. The highest BCUT2D eigenvalue weighted by atomic mass is 16.5. The van der Waals surface area contributed by atoms with Crippen LogP contribution in [0.15, 0.2) is 24.3 Å². The number of carboxylic acids is 1. The molecular formula is C18H26N2O4. The van der Waals surface area contributed by atoms with E-state index in [1.54, 1.807) is 0 Å². The molecule has 1 heterocycles. The molecule has 132 valence electrons. The van der Waals surface area contributed by atoms with Gasteiger partial charge in [0.2, 0.25) is 5.91 Å². The molecule has 0 saturated carbocycles. The minimum atomic E-state index is -1.03. The van der Waals surface area contributed by atoms with Gasteiger partial charge in [0.25, 0.3) is 0 Å². The van der Waals surface area contributed by atoms with Crippen molar-refractivity contribution in [3.05, 3.63) is 29.8 Å². The number of hydrogen-bond acceptors (Lipinski definition) is 4. The fourth-order valence-electron chi connectivity index (χ4n) is 2.66. The molecule has 0 aliphatic carbocycles. The van der Waals surface area contributed by atoms with Gasteiger partial charge in [-0.1, -0.05) is 12.1 Å². The van der Waals surface area contributed by atoms with Gasteiger partial charge in [0, 0.05) is 6.42 Å². The smallest absolute Gasteiger partial charge is 0.326 e. The fraction of sp³-hybridized carbons (Fsp3) is 0.556. The van der Waals surface area contributed by atoms with Gasteiger partial charge in [0.15, 0.2) is 0 Å². The van der Waals surface area contributed by atoms with E-state index >= 15 is 0 Å². The quantitative estimate of drug-likeness (QED) is 0.737. The van der Waals surface area contributed by atoms with Crippen LogP contribution in [0, 0.1) is 0 Å². The van der Waals surface area contributed by atoms with Crippen LogP contribution in [-0.4, -0.2) is 41.2 Å². The van der Waals surface area contributed by atoms with Crippen molar-refractivity contribution in [2.75, 3.05) is 6.54 Å². The lowest BCUT2D eigenvalue weighted by Crippen LogP contribution is -2.49. The van der Waals surface area contributed by atoms with Crippen LogP contribution >= 0.6 is 0 Å². The lowest BCUT2D eigenvalue weighted by atomic mass is 10.0. The Labute approximate surface area is 142 Å². The van der Waals surface area contributed by atoms with E-state index in [0.717, 1.165) is 30.7 Å². The molecule has 2 atom stereocenters. The molecule has 0 radical (unpaired) electrons. The first kappa shape index (κ1) is 18.3. The molecule has 24 heavy (non-hydrogen) atoms. The molecular weight excluding hydrogens is 308 g/mol. The van der Waals surface area contributed by atoms with Gasteiger partial charge in [-0.2, -0.15) is 0 Å². The average Bonchev–Trinajstić information content (AvgIpc) is 3.01. The molecule has 3 N–H and O–H groups in total. The number of carbonyl (C=O) groups is 2. The molecule has 2 rings (SSSR count). The van der Waals surface area contributed by atoms with E-state index < -0.39 is 12.0 Å². The van der Waals surface area contributed by atoms with Crippen LogP contribution in [0.4, 0.5) is 0 Å². The van der Waals surface area contributed by atoms with Crippen molar-refractivity contribution in [3.63, 3.8) is 0 Å². The molecule has 6 nitrogen and oxygen atoms in total. The number of nitrogens with one attached hydrogen (secondary N) is 2. The number of carboxylic acid groups (broad SMARTS) is 1. The molecule has 1 amide bonds. The van der Waals surface area contributed by atoms with E-state index in [1.165, 1.54) is 0 Å². The Morgan fingerprint density at radius 1 is 1.33 bits per heavy atom. The third-order valence-electron chi connectivity index (χ3n) is 3.78. The summed E-state index contributed by atoms with van der Waals surface area (Å²) in [7, 11) is 0. The van der Waals surface area contributed by atoms with E-state index in [2.05, 4.69) is 10.6 Å². The minimum absolute atomic E-state index is 0.240. The van der Waals surface area contributed by atoms with E-state index in [0.29, 0.717) is 0 Å². The SMILES string of the molecule is CC(C)(C)Oc1ccc(C[C@H](NC(=O)[C@H]2CCCN2)C(=O)O)cc1. The zero-order chi connectivity index (χ0) is 17.7. The number of aliphatic carboxylic acids is 1. The summed E-state index contributed by atoms with van der Waals surface area (Å²) in [5.41, 5.74) is 0.552. The lowest BCUT2D eigenvalue weighted by Gasteiger charge is -2.21. The molecule has 6 heteroatoms. The Bertz CT molecular complexity index is 572. The summed E-state index contributed by atoms with van der Waals surface area (Å²) in [4.78, 5) is 23.6. The van der Waals surface area contributed by atoms with E-state index in [4.69, 9.17) is 4.74 Å². The molecule has 0 spiro atoms. The van der Waals surface area contributed by atoms with Crippen LogP contribution in [-0.2, 0) is 16.0 Å². The Kier molecular flexibility index (Phi) is 5.83. The zero-order valence-corrected chi connectivity index (χ0v) is 14.5. The molecule has 0 unspecified atom stereocenters. The molecule has 1 aromatic rings. The summed E-state index contributed by atoms with van der Waals surface area (Å²) in [5, 5.41) is 15.1. The maximum atomic E-state index is 12.1. The summed E-state index contributed by atoms with van der Waals surface area (Å²) >= 11 is 0. The maximum Gasteiger partial charge on any atom is 0.326 e. The van der Waals surface area contributed by atoms with Crippen molar-refractivity contribution in [1.29, 1.82) is 0 Å². The van der Waals surface area contributed by atoms with Crippen LogP contribution in [0.5, 0.6) is 5.75 Å². The van der Waals surface area contributed by atoms with Crippen LogP contribution in [0.1, 0.15) is 39.2 Å². The van der Waals surface area contributed by atoms with Crippen molar-refractivity contribution in [2.24, 2.45) is 0 Å². The van der Waals surface area contributed by atoms with Crippen molar-refractivity contribution in [2.45, 2.75) is 57.7 Å². The number of carbonyl (C=O) groups excluding carboxylic acids is 1. The van der Waals surface area contributed by atoms with Crippen LogP contribution in [0.25, 0.3) is 0 Å². The second kappa shape index (κ2) is 7.66. The number of rotatable bonds is 6. The van der Waals surface area contributed by atoms with Crippen molar-refractivity contribution < 1.29 is 19.4 Å². The lowest BCUT2D eigenvalue weighted by molar-refractivity contribution is -0.142. The van der Waals surface area contributed by atoms with Crippen molar-refractivity contribution >= 4 is 11.9 Å². The van der Waals surface area contributed by atoms with Gasteiger partial charge in [-0.25, -0.2) is 4.79 Å². The van der Waals surface area contributed by atoms with Gasteiger partial charge < -0.3 is 20.5 Å². The molecule has 0 bridgehead atoms. The zero-order valence-electron chi connectivity index (χ0n) is 14.5. The Hall–Kier alpha value is -2.08. The Balaban J connectivity index is 1.97. The predicted octanol–water partition coefficient (Wildman–Crippen LogP) is 1.73.